The lowest BCUT2D eigenvalue weighted by Gasteiger charge is -2.35. The van der Waals surface area contributed by atoms with E-state index in [4.69, 9.17) is 0 Å². The van der Waals surface area contributed by atoms with Crippen molar-refractivity contribution in [2.45, 2.75) is 70.8 Å². The van der Waals surface area contributed by atoms with Crippen molar-refractivity contribution in [3.8, 4) is 0 Å². The minimum Gasteiger partial charge on any atom is -0.343 e. The number of hydrogen-bond acceptors (Lipinski definition) is 1. The molecule has 0 aromatic carbocycles. The Kier molecular flexibility index (Phi) is 4.47. The van der Waals surface area contributed by atoms with E-state index >= 15 is 0 Å². The molecule has 2 heteroatoms. The second-order valence-electron chi connectivity index (χ2n) is 6.20. The molecule has 2 fully saturated rings. The van der Waals surface area contributed by atoms with Crippen LogP contribution in [-0.4, -0.2) is 23.9 Å². The molecule has 0 spiro atoms. The zero-order valence-corrected chi connectivity index (χ0v) is 11.5. The molecule has 2 aliphatic carbocycles. The van der Waals surface area contributed by atoms with Crippen LogP contribution in [0.25, 0.3) is 0 Å². The van der Waals surface area contributed by atoms with Crippen LogP contribution in [0.1, 0.15) is 64.7 Å². The summed E-state index contributed by atoms with van der Waals surface area (Å²) in [6.45, 7) is 2.31. The highest BCUT2D eigenvalue weighted by atomic mass is 16.2. The summed E-state index contributed by atoms with van der Waals surface area (Å²) in [6, 6.07) is 0.538. The van der Waals surface area contributed by atoms with Crippen molar-refractivity contribution in [3.63, 3.8) is 0 Å². The fraction of sp³-hybridized carbons (Fsp3) is 0.933. The van der Waals surface area contributed by atoms with Gasteiger partial charge in [-0.15, -0.1) is 0 Å². The van der Waals surface area contributed by atoms with Gasteiger partial charge in [-0.05, 0) is 44.4 Å². The van der Waals surface area contributed by atoms with Crippen molar-refractivity contribution in [1.29, 1.82) is 0 Å². The molecule has 0 heterocycles. The van der Waals surface area contributed by atoms with E-state index in [1.165, 1.54) is 44.9 Å². The van der Waals surface area contributed by atoms with E-state index in [-0.39, 0.29) is 0 Å². The molecule has 2 aliphatic rings. The Balaban J connectivity index is 1.85. The lowest BCUT2D eigenvalue weighted by molar-refractivity contribution is -0.138. The molecule has 2 nitrogen and oxygen atoms in total. The summed E-state index contributed by atoms with van der Waals surface area (Å²) in [6.07, 6.45) is 11.2. The summed E-state index contributed by atoms with van der Waals surface area (Å²) >= 11 is 0. The molecule has 2 rings (SSSR count). The second-order valence-corrected chi connectivity index (χ2v) is 6.20. The zero-order valence-electron chi connectivity index (χ0n) is 11.5. The average molecular weight is 237 g/mol. The van der Waals surface area contributed by atoms with E-state index in [0.717, 1.165) is 18.8 Å². The number of nitrogens with zero attached hydrogens (tertiary/aromatic N) is 1. The van der Waals surface area contributed by atoms with Crippen LogP contribution in [0, 0.1) is 11.8 Å². The fourth-order valence-electron chi connectivity index (χ4n) is 3.44. The van der Waals surface area contributed by atoms with Gasteiger partial charge in [-0.25, -0.2) is 0 Å². The fourth-order valence-corrected chi connectivity index (χ4v) is 3.44. The Morgan fingerprint density at radius 3 is 2.12 bits per heavy atom. The molecule has 0 atom stereocenters. The highest BCUT2D eigenvalue weighted by molar-refractivity contribution is 5.79. The molecule has 98 valence electrons. The molecule has 0 bridgehead atoms. The number of carbonyl (C=O) groups is 1. The largest absolute Gasteiger partial charge is 0.343 e. The van der Waals surface area contributed by atoms with Crippen molar-refractivity contribution in [1.82, 2.24) is 4.90 Å². The maximum atomic E-state index is 12.4. The topological polar surface area (TPSA) is 20.3 Å². The molecule has 0 aromatic heterocycles. The summed E-state index contributed by atoms with van der Waals surface area (Å²) < 4.78 is 0. The van der Waals surface area contributed by atoms with E-state index in [9.17, 15) is 4.79 Å². The molecule has 0 aromatic rings. The number of amides is 1. The summed E-state index contributed by atoms with van der Waals surface area (Å²) in [5.41, 5.74) is 0. The highest BCUT2D eigenvalue weighted by Crippen LogP contribution is 2.31. The maximum Gasteiger partial charge on any atom is 0.225 e. The van der Waals surface area contributed by atoms with Gasteiger partial charge >= 0.3 is 0 Å². The smallest absolute Gasteiger partial charge is 0.225 e. The molecule has 0 radical (unpaired) electrons. The molecule has 1 amide bonds. The second kappa shape index (κ2) is 5.88. The first-order valence-corrected chi connectivity index (χ1v) is 7.45. The van der Waals surface area contributed by atoms with Crippen molar-refractivity contribution in [2.24, 2.45) is 11.8 Å². The van der Waals surface area contributed by atoms with E-state index in [1.54, 1.807) is 0 Å². The lowest BCUT2D eigenvalue weighted by atomic mass is 9.82. The van der Waals surface area contributed by atoms with Gasteiger partial charge in [-0.2, -0.15) is 0 Å². The zero-order chi connectivity index (χ0) is 12.3. The summed E-state index contributed by atoms with van der Waals surface area (Å²) in [5.74, 6) is 1.60. The van der Waals surface area contributed by atoms with Gasteiger partial charge in [0.2, 0.25) is 5.91 Å². The van der Waals surface area contributed by atoms with Crippen LogP contribution in [0.5, 0.6) is 0 Å². The SMILES string of the molecule is CN(C(=O)[C@H]1CC[C@H](C)CC1)C1CCCCC1. The number of carbonyl (C=O) groups excluding carboxylic acids is 1. The van der Waals surface area contributed by atoms with Crippen LogP contribution >= 0.6 is 0 Å². The molecular weight excluding hydrogens is 210 g/mol. The third-order valence-electron chi connectivity index (χ3n) is 4.84. The minimum atomic E-state index is 0.332. The summed E-state index contributed by atoms with van der Waals surface area (Å²) in [5, 5.41) is 0. The van der Waals surface area contributed by atoms with E-state index in [0.29, 0.717) is 17.9 Å². The van der Waals surface area contributed by atoms with E-state index in [1.807, 2.05) is 7.05 Å². The van der Waals surface area contributed by atoms with Gasteiger partial charge in [-0.1, -0.05) is 26.2 Å². The highest BCUT2D eigenvalue weighted by Gasteiger charge is 2.30. The number of rotatable bonds is 2. The van der Waals surface area contributed by atoms with E-state index in [2.05, 4.69) is 11.8 Å². The first kappa shape index (κ1) is 12.9. The van der Waals surface area contributed by atoms with Crippen LogP contribution in [0.2, 0.25) is 0 Å². The first-order valence-electron chi connectivity index (χ1n) is 7.45. The van der Waals surface area contributed by atoms with Gasteiger partial charge in [-0.3, -0.25) is 4.79 Å². The minimum absolute atomic E-state index is 0.332. The van der Waals surface area contributed by atoms with Gasteiger partial charge in [0, 0.05) is 19.0 Å². The lowest BCUT2D eigenvalue weighted by Crippen LogP contribution is -2.42. The predicted molar refractivity (Wildman–Crippen MR) is 70.8 cm³/mol. The summed E-state index contributed by atoms with van der Waals surface area (Å²) in [7, 11) is 2.04. The Morgan fingerprint density at radius 2 is 1.53 bits per heavy atom. The third kappa shape index (κ3) is 3.23. The Hall–Kier alpha value is -0.530. The molecule has 0 unspecified atom stereocenters. The molecular formula is C15H27NO. The standard InChI is InChI=1S/C15H27NO/c1-12-8-10-13(11-9-12)15(17)16(2)14-6-4-3-5-7-14/h12-14H,3-11H2,1-2H3/t12-,13-. The molecule has 0 saturated heterocycles. The van der Waals surface area contributed by atoms with Gasteiger partial charge in [0.05, 0.1) is 0 Å². The molecule has 17 heavy (non-hydrogen) atoms. The first-order chi connectivity index (χ1) is 8.18. The Bertz CT molecular complexity index is 250. The third-order valence-corrected chi connectivity index (χ3v) is 4.84. The maximum absolute atomic E-state index is 12.4. The average Bonchev–Trinajstić information content (AvgIpc) is 2.39. The molecule has 0 aliphatic heterocycles. The number of hydrogen-bond donors (Lipinski definition) is 0. The van der Waals surface area contributed by atoms with Crippen molar-refractivity contribution in [2.75, 3.05) is 7.05 Å². The van der Waals surface area contributed by atoms with Gasteiger partial charge in [0.1, 0.15) is 0 Å². The predicted octanol–water partition coefficient (Wildman–Crippen LogP) is 3.60. The van der Waals surface area contributed by atoms with Crippen LogP contribution in [0.3, 0.4) is 0 Å². The quantitative estimate of drug-likeness (QED) is 0.718. The van der Waals surface area contributed by atoms with Crippen LogP contribution in [0.15, 0.2) is 0 Å². The monoisotopic (exact) mass is 237 g/mol. The van der Waals surface area contributed by atoms with Crippen molar-refractivity contribution in [3.05, 3.63) is 0 Å². The van der Waals surface area contributed by atoms with Crippen LogP contribution in [0.4, 0.5) is 0 Å². The molecule has 2 saturated carbocycles. The van der Waals surface area contributed by atoms with Crippen LogP contribution in [-0.2, 0) is 4.79 Å². The van der Waals surface area contributed by atoms with Gasteiger partial charge < -0.3 is 4.90 Å². The molecule has 0 N–H and O–H groups in total. The Labute approximate surface area is 106 Å². The van der Waals surface area contributed by atoms with Crippen molar-refractivity contribution < 1.29 is 4.79 Å². The van der Waals surface area contributed by atoms with Gasteiger partial charge in [0.15, 0.2) is 0 Å². The van der Waals surface area contributed by atoms with Crippen LogP contribution < -0.4 is 0 Å². The van der Waals surface area contributed by atoms with Crippen molar-refractivity contribution >= 4 is 5.91 Å². The van der Waals surface area contributed by atoms with E-state index < -0.39 is 0 Å². The summed E-state index contributed by atoms with van der Waals surface area (Å²) in [4.78, 5) is 14.5. The van der Waals surface area contributed by atoms with Gasteiger partial charge in [0.25, 0.3) is 0 Å². The normalized spacial score (nSPS) is 31.2. The Morgan fingerprint density at radius 1 is 0.941 bits per heavy atom.